The zero-order valence-corrected chi connectivity index (χ0v) is 11.3. The first-order valence-electron chi connectivity index (χ1n) is 7.04. The molecule has 0 bridgehead atoms. The van der Waals surface area contributed by atoms with Crippen LogP contribution in [0.15, 0.2) is 18.2 Å². The molecule has 2 aliphatic heterocycles. The highest BCUT2D eigenvalue weighted by molar-refractivity contribution is 5.89. The fourth-order valence-electron chi connectivity index (χ4n) is 2.84. The van der Waals surface area contributed by atoms with Gasteiger partial charge in [0, 0.05) is 25.2 Å². The number of fused-ring (bicyclic) bond motifs is 1. The normalized spacial score (nSPS) is 21.7. The van der Waals surface area contributed by atoms with Gasteiger partial charge in [-0.3, -0.25) is 0 Å². The molecule has 0 aliphatic carbocycles. The maximum absolute atomic E-state index is 12.2. The molecule has 1 fully saturated rings. The highest BCUT2D eigenvalue weighted by atomic mass is 16.5. The summed E-state index contributed by atoms with van der Waals surface area (Å²) in [6.07, 6.45) is 3.26. The molecule has 19 heavy (non-hydrogen) atoms. The maximum Gasteiger partial charge on any atom is 0.321 e. The Balaban J connectivity index is 1.66. The lowest BCUT2D eigenvalue weighted by molar-refractivity contribution is 0.182. The van der Waals surface area contributed by atoms with Crippen molar-refractivity contribution in [3.05, 3.63) is 23.8 Å². The number of carbonyl (C=O) groups is 1. The SMILES string of the molecule is CC1CCCN(C(=O)Nc2ccc3c(c2)CCO3)C1. The highest BCUT2D eigenvalue weighted by Gasteiger charge is 2.21. The van der Waals surface area contributed by atoms with Crippen molar-refractivity contribution in [3.8, 4) is 5.75 Å². The first-order valence-corrected chi connectivity index (χ1v) is 7.04. The number of hydrogen-bond acceptors (Lipinski definition) is 2. The second-order valence-corrected chi connectivity index (χ2v) is 5.54. The van der Waals surface area contributed by atoms with Crippen LogP contribution in [0.3, 0.4) is 0 Å². The number of benzene rings is 1. The summed E-state index contributed by atoms with van der Waals surface area (Å²) in [5, 5.41) is 2.99. The van der Waals surface area contributed by atoms with Crippen molar-refractivity contribution < 1.29 is 9.53 Å². The Morgan fingerprint density at radius 3 is 3.21 bits per heavy atom. The van der Waals surface area contributed by atoms with E-state index in [1.165, 1.54) is 12.0 Å². The lowest BCUT2D eigenvalue weighted by Crippen LogP contribution is -2.41. The quantitative estimate of drug-likeness (QED) is 0.843. The fourth-order valence-corrected chi connectivity index (χ4v) is 2.84. The van der Waals surface area contributed by atoms with Crippen molar-refractivity contribution in [1.29, 1.82) is 0 Å². The molecule has 1 saturated heterocycles. The number of amides is 2. The van der Waals surface area contributed by atoms with E-state index < -0.39 is 0 Å². The molecule has 0 spiro atoms. The molecule has 1 atom stereocenters. The minimum absolute atomic E-state index is 0.0189. The van der Waals surface area contributed by atoms with E-state index in [4.69, 9.17) is 4.74 Å². The second kappa shape index (κ2) is 5.11. The molecule has 1 aromatic rings. The summed E-state index contributed by atoms with van der Waals surface area (Å²) in [5.41, 5.74) is 2.05. The van der Waals surface area contributed by atoms with Crippen LogP contribution in [0, 0.1) is 5.92 Å². The first-order chi connectivity index (χ1) is 9.22. The first kappa shape index (κ1) is 12.3. The van der Waals surface area contributed by atoms with Gasteiger partial charge in [0.15, 0.2) is 0 Å². The average Bonchev–Trinajstić information content (AvgIpc) is 2.86. The standard InChI is InChI=1S/C15H20N2O2/c1-11-3-2-7-17(10-11)15(18)16-13-4-5-14-12(9-13)6-8-19-14/h4-5,9,11H,2-3,6-8,10H2,1H3,(H,16,18). The molecular weight excluding hydrogens is 240 g/mol. The summed E-state index contributed by atoms with van der Waals surface area (Å²) in [6, 6.07) is 5.89. The van der Waals surface area contributed by atoms with Crippen LogP contribution in [0.25, 0.3) is 0 Å². The van der Waals surface area contributed by atoms with E-state index in [9.17, 15) is 4.79 Å². The zero-order chi connectivity index (χ0) is 13.2. The third-order valence-electron chi connectivity index (χ3n) is 3.88. The van der Waals surface area contributed by atoms with Crippen LogP contribution in [0.5, 0.6) is 5.75 Å². The van der Waals surface area contributed by atoms with Crippen LogP contribution in [-0.4, -0.2) is 30.6 Å². The number of likely N-dealkylation sites (tertiary alicyclic amines) is 1. The van der Waals surface area contributed by atoms with Crippen LogP contribution in [0.1, 0.15) is 25.3 Å². The molecule has 0 radical (unpaired) electrons. The van der Waals surface area contributed by atoms with Crippen LogP contribution < -0.4 is 10.1 Å². The number of rotatable bonds is 1. The monoisotopic (exact) mass is 260 g/mol. The Kier molecular flexibility index (Phi) is 3.32. The van der Waals surface area contributed by atoms with Gasteiger partial charge in [-0.05, 0) is 42.5 Å². The van der Waals surface area contributed by atoms with Crippen LogP contribution >= 0.6 is 0 Å². The van der Waals surface area contributed by atoms with Gasteiger partial charge in [-0.25, -0.2) is 4.79 Å². The summed E-state index contributed by atoms with van der Waals surface area (Å²) in [4.78, 5) is 14.1. The topological polar surface area (TPSA) is 41.6 Å². The van der Waals surface area contributed by atoms with E-state index >= 15 is 0 Å². The van der Waals surface area contributed by atoms with Crippen molar-refractivity contribution in [3.63, 3.8) is 0 Å². The number of anilines is 1. The average molecular weight is 260 g/mol. The molecule has 1 unspecified atom stereocenters. The molecule has 4 nitrogen and oxygen atoms in total. The van der Waals surface area contributed by atoms with Crippen molar-refractivity contribution >= 4 is 11.7 Å². The molecule has 102 valence electrons. The van der Waals surface area contributed by atoms with E-state index in [1.807, 2.05) is 23.1 Å². The molecular formula is C15H20N2O2. The van der Waals surface area contributed by atoms with Gasteiger partial charge in [0.05, 0.1) is 6.61 Å². The minimum Gasteiger partial charge on any atom is -0.493 e. The highest BCUT2D eigenvalue weighted by Crippen LogP contribution is 2.28. The Labute approximate surface area is 113 Å². The molecule has 2 aliphatic rings. The van der Waals surface area contributed by atoms with Crippen LogP contribution in [0.2, 0.25) is 0 Å². The smallest absolute Gasteiger partial charge is 0.321 e. The van der Waals surface area contributed by atoms with Gasteiger partial charge in [0.25, 0.3) is 0 Å². The van der Waals surface area contributed by atoms with Crippen molar-refractivity contribution in [2.24, 2.45) is 5.92 Å². The number of urea groups is 1. The summed E-state index contributed by atoms with van der Waals surface area (Å²) >= 11 is 0. The van der Waals surface area contributed by atoms with E-state index in [1.54, 1.807) is 0 Å². The van der Waals surface area contributed by atoms with Gasteiger partial charge >= 0.3 is 6.03 Å². The molecule has 0 aromatic heterocycles. The molecule has 4 heteroatoms. The van der Waals surface area contributed by atoms with Gasteiger partial charge in [-0.2, -0.15) is 0 Å². The van der Waals surface area contributed by atoms with Gasteiger partial charge in [-0.15, -0.1) is 0 Å². The summed E-state index contributed by atoms with van der Waals surface area (Å²) in [6.45, 7) is 4.67. The predicted octanol–water partition coefficient (Wildman–Crippen LogP) is 2.89. The molecule has 1 N–H and O–H groups in total. The number of ether oxygens (including phenoxy) is 1. The van der Waals surface area contributed by atoms with E-state index in [0.717, 1.165) is 44.0 Å². The Morgan fingerprint density at radius 2 is 2.37 bits per heavy atom. The van der Waals surface area contributed by atoms with Gasteiger partial charge < -0.3 is 15.0 Å². The predicted molar refractivity (Wildman–Crippen MR) is 74.6 cm³/mol. The maximum atomic E-state index is 12.2. The third-order valence-corrected chi connectivity index (χ3v) is 3.88. The van der Waals surface area contributed by atoms with Crippen LogP contribution in [-0.2, 0) is 6.42 Å². The summed E-state index contributed by atoms with van der Waals surface area (Å²) in [5.74, 6) is 1.55. The fraction of sp³-hybridized carbons (Fsp3) is 0.533. The van der Waals surface area contributed by atoms with Gasteiger partial charge in [0.2, 0.25) is 0 Å². The Hall–Kier alpha value is -1.71. The summed E-state index contributed by atoms with van der Waals surface area (Å²) < 4.78 is 5.47. The molecule has 0 saturated carbocycles. The second-order valence-electron chi connectivity index (χ2n) is 5.54. The van der Waals surface area contributed by atoms with E-state index in [-0.39, 0.29) is 6.03 Å². The molecule has 3 rings (SSSR count). The van der Waals surface area contributed by atoms with Gasteiger partial charge in [0.1, 0.15) is 5.75 Å². The third kappa shape index (κ3) is 2.67. The Bertz CT molecular complexity index is 487. The van der Waals surface area contributed by atoms with Gasteiger partial charge in [-0.1, -0.05) is 6.92 Å². The zero-order valence-electron chi connectivity index (χ0n) is 11.3. The van der Waals surface area contributed by atoms with Crippen molar-refractivity contribution in [2.45, 2.75) is 26.2 Å². The number of piperidine rings is 1. The number of nitrogens with zero attached hydrogens (tertiary/aromatic N) is 1. The van der Waals surface area contributed by atoms with E-state index in [2.05, 4.69) is 12.2 Å². The summed E-state index contributed by atoms with van der Waals surface area (Å²) in [7, 11) is 0. The van der Waals surface area contributed by atoms with E-state index in [0.29, 0.717) is 5.92 Å². The number of hydrogen-bond donors (Lipinski definition) is 1. The molecule has 2 heterocycles. The van der Waals surface area contributed by atoms with Crippen molar-refractivity contribution in [2.75, 3.05) is 25.0 Å². The lowest BCUT2D eigenvalue weighted by atomic mass is 10.0. The Morgan fingerprint density at radius 1 is 1.47 bits per heavy atom. The molecule has 2 amide bonds. The largest absolute Gasteiger partial charge is 0.493 e. The lowest BCUT2D eigenvalue weighted by Gasteiger charge is -2.30. The number of carbonyl (C=O) groups excluding carboxylic acids is 1. The van der Waals surface area contributed by atoms with Crippen LogP contribution in [0.4, 0.5) is 10.5 Å². The van der Waals surface area contributed by atoms with Crippen molar-refractivity contribution in [1.82, 2.24) is 4.90 Å². The minimum atomic E-state index is 0.0189. The number of nitrogens with one attached hydrogen (secondary N) is 1. The molecule has 1 aromatic carbocycles.